The fraction of sp³-hybridized carbons (Fsp3) is 0.167. The van der Waals surface area contributed by atoms with Crippen LogP contribution in [0, 0.1) is 6.92 Å². The highest BCUT2D eigenvalue weighted by molar-refractivity contribution is 5.59. The van der Waals surface area contributed by atoms with Gasteiger partial charge in [0.05, 0.1) is 18.0 Å². The number of nitrogens with zero attached hydrogens (tertiary/aromatic N) is 2. The van der Waals surface area contributed by atoms with Gasteiger partial charge in [0.2, 0.25) is 5.69 Å². The van der Waals surface area contributed by atoms with Gasteiger partial charge in [0.1, 0.15) is 7.05 Å². The average Bonchev–Trinajstić information content (AvgIpc) is 2.20. The average molecular weight is 185 g/mol. The summed E-state index contributed by atoms with van der Waals surface area (Å²) < 4.78 is 2.08. The molecule has 0 aliphatic carbocycles. The molecule has 0 bridgehead atoms. The summed E-state index contributed by atoms with van der Waals surface area (Å²) in [5.74, 6) is 0. The summed E-state index contributed by atoms with van der Waals surface area (Å²) >= 11 is 0. The van der Waals surface area contributed by atoms with Crippen LogP contribution in [-0.2, 0) is 7.05 Å². The van der Waals surface area contributed by atoms with E-state index in [4.69, 9.17) is 0 Å². The number of rotatable bonds is 1. The van der Waals surface area contributed by atoms with Crippen LogP contribution < -0.4 is 4.57 Å². The third kappa shape index (κ3) is 1.51. The topological polar surface area (TPSA) is 16.8 Å². The van der Waals surface area contributed by atoms with Crippen molar-refractivity contribution in [2.75, 3.05) is 0 Å². The van der Waals surface area contributed by atoms with E-state index in [1.54, 1.807) is 6.20 Å². The van der Waals surface area contributed by atoms with Crippen LogP contribution in [0.4, 0.5) is 0 Å². The van der Waals surface area contributed by atoms with Gasteiger partial charge in [-0.25, -0.2) is 0 Å². The first-order chi connectivity index (χ1) is 6.79. The van der Waals surface area contributed by atoms with Crippen molar-refractivity contribution >= 4 is 0 Å². The van der Waals surface area contributed by atoms with E-state index < -0.39 is 0 Å². The Morgan fingerprint density at radius 3 is 2.71 bits per heavy atom. The summed E-state index contributed by atoms with van der Waals surface area (Å²) in [7, 11) is 2.03. The largest absolute Gasteiger partial charge is 0.252 e. The van der Waals surface area contributed by atoms with Crippen molar-refractivity contribution < 1.29 is 4.57 Å². The predicted molar refractivity (Wildman–Crippen MR) is 55.6 cm³/mol. The van der Waals surface area contributed by atoms with Gasteiger partial charge < -0.3 is 0 Å². The maximum atomic E-state index is 4.14. The van der Waals surface area contributed by atoms with Gasteiger partial charge in [-0.05, 0) is 18.6 Å². The molecule has 0 amide bonds. The van der Waals surface area contributed by atoms with Gasteiger partial charge >= 0.3 is 0 Å². The molecule has 0 aliphatic heterocycles. The molecular weight excluding hydrogens is 172 g/mol. The molecule has 1 heterocycles. The Labute approximate surface area is 83.9 Å². The molecule has 2 rings (SSSR count). The highest BCUT2D eigenvalue weighted by Crippen LogP contribution is 2.17. The van der Waals surface area contributed by atoms with Gasteiger partial charge in [0.25, 0.3) is 0 Å². The van der Waals surface area contributed by atoms with E-state index in [-0.39, 0.29) is 0 Å². The minimum Gasteiger partial charge on any atom is -0.252 e. The zero-order valence-electron chi connectivity index (χ0n) is 8.44. The molecule has 14 heavy (non-hydrogen) atoms. The molecule has 0 aliphatic rings. The van der Waals surface area contributed by atoms with Crippen LogP contribution in [0.2, 0.25) is 0 Å². The molecule has 2 aromatic rings. The lowest BCUT2D eigenvalue weighted by atomic mass is 10.1. The maximum absolute atomic E-state index is 4.14. The highest BCUT2D eigenvalue weighted by atomic mass is 14.9. The number of aryl methyl sites for hydroxylation is 2. The molecule has 0 N–H and O–H groups in total. The van der Waals surface area contributed by atoms with Crippen LogP contribution in [0.15, 0.2) is 42.9 Å². The van der Waals surface area contributed by atoms with Crippen LogP contribution in [0.1, 0.15) is 5.56 Å². The molecule has 0 unspecified atom stereocenters. The quantitative estimate of drug-likeness (QED) is 0.620. The van der Waals surface area contributed by atoms with Gasteiger partial charge in [-0.1, -0.05) is 18.2 Å². The number of benzene rings is 1. The van der Waals surface area contributed by atoms with Crippen molar-refractivity contribution in [1.29, 1.82) is 0 Å². The SMILES string of the molecule is Cc1ccccc1-c1cncc[n+]1C. The van der Waals surface area contributed by atoms with Crippen LogP contribution in [0.3, 0.4) is 0 Å². The lowest BCUT2D eigenvalue weighted by Gasteiger charge is -2.02. The van der Waals surface area contributed by atoms with Crippen LogP contribution in [-0.4, -0.2) is 4.98 Å². The maximum Gasteiger partial charge on any atom is 0.231 e. The summed E-state index contributed by atoms with van der Waals surface area (Å²) in [6.07, 6.45) is 5.64. The number of hydrogen-bond donors (Lipinski definition) is 0. The fourth-order valence-electron chi connectivity index (χ4n) is 1.54. The molecule has 70 valence electrons. The van der Waals surface area contributed by atoms with E-state index in [0.717, 1.165) is 5.69 Å². The summed E-state index contributed by atoms with van der Waals surface area (Å²) in [5.41, 5.74) is 3.66. The molecule has 0 saturated carbocycles. The molecule has 0 spiro atoms. The zero-order valence-corrected chi connectivity index (χ0v) is 8.44. The van der Waals surface area contributed by atoms with Gasteiger partial charge in [0.15, 0.2) is 6.20 Å². The Morgan fingerprint density at radius 2 is 2.00 bits per heavy atom. The van der Waals surface area contributed by atoms with Crippen LogP contribution >= 0.6 is 0 Å². The Bertz CT molecular complexity index is 406. The molecular formula is C12H13N2+. The molecule has 0 fully saturated rings. The second kappa shape index (κ2) is 3.58. The normalized spacial score (nSPS) is 10.1. The first-order valence-electron chi connectivity index (χ1n) is 4.64. The van der Waals surface area contributed by atoms with Crippen LogP contribution in [0.5, 0.6) is 0 Å². The lowest BCUT2D eigenvalue weighted by Crippen LogP contribution is -2.30. The minimum absolute atomic E-state index is 1.14. The lowest BCUT2D eigenvalue weighted by molar-refractivity contribution is -0.660. The van der Waals surface area contributed by atoms with E-state index in [0.29, 0.717) is 0 Å². The monoisotopic (exact) mass is 185 g/mol. The Kier molecular flexibility index (Phi) is 2.27. The van der Waals surface area contributed by atoms with Gasteiger partial charge in [-0.2, -0.15) is 4.57 Å². The van der Waals surface area contributed by atoms with E-state index in [1.165, 1.54) is 11.1 Å². The van der Waals surface area contributed by atoms with Gasteiger partial charge in [-0.3, -0.25) is 4.98 Å². The second-order valence-electron chi connectivity index (χ2n) is 3.39. The first-order valence-corrected chi connectivity index (χ1v) is 4.64. The summed E-state index contributed by atoms with van der Waals surface area (Å²) in [5, 5.41) is 0. The Morgan fingerprint density at radius 1 is 1.21 bits per heavy atom. The van der Waals surface area contributed by atoms with Crippen molar-refractivity contribution in [2.45, 2.75) is 6.92 Å². The number of aromatic nitrogens is 2. The smallest absolute Gasteiger partial charge is 0.231 e. The minimum atomic E-state index is 1.14. The van der Waals surface area contributed by atoms with E-state index in [1.807, 2.05) is 19.4 Å². The second-order valence-corrected chi connectivity index (χ2v) is 3.39. The van der Waals surface area contributed by atoms with Crippen molar-refractivity contribution in [3.05, 3.63) is 48.4 Å². The van der Waals surface area contributed by atoms with Crippen molar-refractivity contribution in [2.24, 2.45) is 7.05 Å². The standard InChI is InChI=1S/C12H13N2/c1-10-5-3-4-6-11(10)12-9-13-7-8-14(12)2/h3-9H,1-2H3/q+1. The molecule has 2 nitrogen and oxygen atoms in total. The van der Waals surface area contributed by atoms with Crippen molar-refractivity contribution in [1.82, 2.24) is 4.98 Å². The van der Waals surface area contributed by atoms with Crippen LogP contribution in [0.25, 0.3) is 11.3 Å². The summed E-state index contributed by atoms with van der Waals surface area (Å²) in [6.45, 7) is 2.11. The van der Waals surface area contributed by atoms with Crippen molar-refractivity contribution in [3.63, 3.8) is 0 Å². The fourth-order valence-corrected chi connectivity index (χ4v) is 1.54. The number of hydrogen-bond acceptors (Lipinski definition) is 1. The molecule has 1 aromatic carbocycles. The first kappa shape index (κ1) is 8.88. The van der Waals surface area contributed by atoms with E-state index >= 15 is 0 Å². The Balaban J connectivity index is 2.61. The third-order valence-corrected chi connectivity index (χ3v) is 2.37. The highest BCUT2D eigenvalue weighted by Gasteiger charge is 2.10. The zero-order chi connectivity index (χ0) is 9.97. The molecule has 2 heteroatoms. The predicted octanol–water partition coefficient (Wildman–Crippen LogP) is 1.88. The molecule has 1 aromatic heterocycles. The summed E-state index contributed by atoms with van der Waals surface area (Å²) in [6, 6.07) is 8.33. The van der Waals surface area contributed by atoms with E-state index in [9.17, 15) is 0 Å². The van der Waals surface area contributed by atoms with Gasteiger partial charge in [-0.15, -0.1) is 0 Å². The molecule has 0 saturated heterocycles. The molecule has 0 atom stereocenters. The van der Waals surface area contributed by atoms with Crippen molar-refractivity contribution in [3.8, 4) is 11.3 Å². The molecule has 0 radical (unpaired) electrons. The van der Waals surface area contributed by atoms with E-state index in [2.05, 4.69) is 40.7 Å². The Hall–Kier alpha value is -1.70. The summed E-state index contributed by atoms with van der Waals surface area (Å²) in [4.78, 5) is 4.14. The van der Waals surface area contributed by atoms with Gasteiger partial charge in [0, 0.05) is 0 Å². The third-order valence-electron chi connectivity index (χ3n) is 2.37.